The van der Waals surface area contributed by atoms with Crippen LogP contribution >= 0.6 is 0 Å². The average Bonchev–Trinajstić information content (AvgIpc) is 3.24. The molecule has 6 nitrogen and oxygen atoms in total. The molecule has 182 valence electrons. The number of piperazine rings is 1. The Labute approximate surface area is 207 Å². The predicted molar refractivity (Wildman–Crippen MR) is 142 cm³/mol. The van der Waals surface area contributed by atoms with Crippen molar-refractivity contribution in [1.29, 1.82) is 0 Å². The first kappa shape index (κ1) is 23.7. The number of benzene rings is 2. The lowest BCUT2D eigenvalue weighted by Gasteiger charge is -2.33. The number of pyridine rings is 1. The molecule has 0 saturated carbocycles. The van der Waals surface area contributed by atoms with Crippen LogP contribution in [-0.4, -0.2) is 58.9 Å². The topological polar surface area (TPSA) is 57.9 Å². The molecule has 7 heteroatoms. The summed E-state index contributed by atoms with van der Waals surface area (Å²) in [5, 5.41) is 0. The molecular weight excluding hydrogens is 456 g/mol. The van der Waals surface area contributed by atoms with Gasteiger partial charge in [-0.15, -0.1) is 0 Å². The molecule has 0 radical (unpaired) electrons. The Balaban J connectivity index is 1.54. The molecule has 0 bridgehead atoms. The van der Waals surface area contributed by atoms with Gasteiger partial charge < -0.3 is 4.40 Å². The highest BCUT2D eigenvalue weighted by Gasteiger charge is 2.27. The summed E-state index contributed by atoms with van der Waals surface area (Å²) in [5.41, 5.74) is 8.99. The van der Waals surface area contributed by atoms with Gasteiger partial charge in [0, 0.05) is 44.5 Å². The van der Waals surface area contributed by atoms with E-state index in [0.29, 0.717) is 32.7 Å². The molecule has 5 rings (SSSR count). The third kappa shape index (κ3) is 4.76. The molecular formula is C28H32N4O2S. The van der Waals surface area contributed by atoms with Crippen molar-refractivity contribution in [3.8, 4) is 22.4 Å². The van der Waals surface area contributed by atoms with Gasteiger partial charge >= 0.3 is 0 Å². The SMILES string of the molecule is CCS(=O)(=O)N1CCN(Cc2c(-c3ccccc3)nc3ccc(-c4cc(C)ccc4C)cn23)CC1. The number of hydrogen-bond acceptors (Lipinski definition) is 4. The zero-order valence-corrected chi connectivity index (χ0v) is 21.4. The zero-order valence-electron chi connectivity index (χ0n) is 20.6. The van der Waals surface area contributed by atoms with Gasteiger partial charge in [0.05, 0.1) is 17.1 Å². The fourth-order valence-electron chi connectivity index (χ4n) is 4.84. The van der Waals surface area contributed by atoms with Gasteiger partial charge in [0.25, 0.3) is 0 Å². The van der Waals surface area contributed by atoms with Crippen molar-refractivity contribution >= 4 is 15.7 Å². The maximum absolute atomic E-state index is 12.3. The molecule has 1 aliphatic heterocycles. The van der Waals surface area contributed by atoms with Crippen molar-refractivity contribution in [2.45, 2.75) is 27.3 Å². The molecule has 2 aromatic carbocycles. The lowest BCUT2D eigenvalue weighted by atomic mass is 10.00. The van der Waals surface area contributed by atoms with E-state index < -0.39 is 10.0 Å². The summed E-state index contributed by atoms with van der Waals surface area (Å²) in [6.07, 6.45) is 2.20. The van der Waals surface area contributed by atoms with E-state index in [2.05, 4.69) is 71.8 Å². The normalized spacial score (nSPS) is 15.6. The maximum atomic E-state index is 12.3. The van der Waals surface area contributed by atoms with E-state index in [9.17, 15) is 8.42 Å². The molecule has 2 aromatic heterocycles. The number of imidazole rings is 1. The minimum Gasteiger partial charge on any atom is -0.301 e. The van der Waals surface area contributed by atoms with Gasteiger partial charge in [-0.25, -0.2) is 13.4 Å². The number of sulfonamides is 1. The Hall–Kier alpha value is -3.00. The lowest BCUT2D eigenvalue weighted by Crippen LogP contribution is -2.48. The van der Waals surface area contributed by atoms with E-state index in [1.165, 1.54) is 16.7 Å². The van der Waals surface area contributed by atoms with E-state index in [-0.39, 0.29) is 5.75 Å². The van der Waals surface area contributed by atoms with Crippen LogP contribution in [-0.2, 0) is 16.6 Å². The largest absolute Gasteiger partial charge is 0.301 e. The van der Waals surface area contributed by atoms with E-state index in [0.717, 1.165) is 28.2 Å². The number of nitrogens with zero attached hydrogens (tertiary/aromatic N) is 4. The second-order valence-corrected chi connectivity index (χ2v) is 11.6. The van der Waals surface area contributed by atoms with Gasteiger partial charge in [-0.3, -0.25) is 4.90 Å². The molecule has 1 saturated heterocycles. The smallest absolute Gasteiger partial charge is 0.213 e. The number of aromatic nitrogens is 2. The molecule has 1 aliphatic rings. The van der Waals surface area contributed by atoms with Gasteiger partial charge in [0.2, 0.25) is 10.0 Å². The highest BCUT2D eigenvalue weighted by atomic mass is 32.2. The van der Waals surface area contributed by atoms with Gasteiger partial charge in [-0.2, -0.15) is 4.31 Å². The molecule has 0 N–H and O–H groups in total. The first-order valence-electron chi connectivity index (χ1n) is 12.2. The summed E-state index contributed by atoms with van der Waals surface area (Å²) in [7, 11) is -3.15. The Morgan fingerprint density at radius 1 is 0.886 bits per heavy atom. The summed E-state index contributed by atoms with van der Waals surface area (Å²) in [6.45, 7) is 9.15. The zero-order chi connectivity index (χ0) is 24.6. The Bertz CT molecular complexity index is 1450. The molecule has 3 heterocycles. The summed E-state index contributed by atoms with van der Waals surface area (Å²) in [4.78, 5) is 7.36. The monoisotopic (exact) mass is 488 g/mol. The van der Waals surface area contributed by atoms with Crippen molar-refractivity contribution in [3.05, 3.63) is 83.7 Å². The minimum atomic E-state index is -3.15. The molecule has 0 aliphatic carbocycles. The molecule has 0 unspecified atom stereocenters. The summed E-state index contributed by atoms with van der Waals surface area (Å²) in [5.74, 6) is 0.152. The fourth-order valence-corrected chi connectivity index (χ4v) is 5.92. The van der Waals surface area contributed by atoms with Crippen LogP contribution in [0.1, 0.15) is 23.7 Å². The molecule has 35 heavy (non-hydrogen) atoms. The number of aryl methyl sites for hydroxylation is 2. The van der Waals surface area contributed by atoms with E-state index in [1.54, 1.807) is 11.2 Å². The van der Waals surface area contributed by atoms with Crippen molar-refractivity contribution in [1.82, 2.24) is 18.6 Å². The Morgan fingerprint density at radius 3 is 2.34 bits per heavy atom. The van der Waals surface area contributed by atoms with E-state index in [1.807, 2.05) is 18.2 Å². The van der Waals surface area contributed by atoms with Crippen LogP contribution in [0.5, 0.6) is 0 Å². The van der Waals surface area contributed by atoms with Gasteiger partial charge in [-0.1, -0.05) is 54.1 Å². The van der Waals surface area contributed by atoms with Crippen molar-refractivity contribution < 1.29 is 8.42 Å². The summed E-state index contributed by atoms with van der Waals surface area (Å²) >= 11 is 0. The molecule has 1 fully saturated rings. The predicted octanol–water partition coefficient (Wildman–Crippen LogP) is 4.75. The first-order valence-corrected chi connectivity index (χ1v) is 13.8. The van der Waals surface area contributed by atoms with Crippen LogP contribution in [0, 0.1) is 13.8 Å². The van der Waals surface area contributed by atoms with Crippen LogP contribution in [0.3, 0.4) is 0 Å². The average molecular weight is 489 g/mol. The standard InChI is InChI=1S/C28H32N4O2S/c1-4-35(33,34)31-16-14-30(15-17-31)20-26-28(23-8-6-5-7-9-23)29-27-13-12-24(19-32(26)27)25-18-21(2)10-11-22(25)3/h5-13,18-19H,4,14-17,20H2,1-3H3. The van der Waals surface area contributed by atoms with Crippen molar-refractivity contribution in [2.75, 3.05) is 31.9 Å². The second-order valence-electron chi connectivity index (χ2n) is 9.31. The van der Waals surface area contributed by atoms with Crippen LogP contribution in [0.4, 0.5) is 0 Å². The first-order chi connectivity index (χ1) is 16.9. The van der Waals surface area contributed by atoms with Crippen LogP contribution in [0.15, 0.2) is 66.9 Å². The summed E-state index contributed by atoms with van der Waals surface area (Å²) in [6, 6.07) is 21.1. The number of fused-ring (bicyclic) bond motifs is 1. The highest BCUT2D eigenvalue weighted by molar-refractivity contribution is 7.89. The van der Waals surface area contributed by atoms with Crippen molar-refractivity contribution in [3.63, 3.8) is 0 Å². The third-order valence-corrected chi connectivity index (χ3v) is 8.81. The Kier molecular flexibility index (Phi) is 6.49. The Morgan fingerprint density at radius 2 is 1.63 bits per heavy atom. The van der Waals surface area contributed by atoms with Gasteiger partial charge in [0.15, 0.2) is 0 Å². The fraction of sp³-hybridized carbons (Fsp3) is 0.321. The van der Waals surface area contributed by atoms with Crippen LogP contribution < -0.4 is 0 Å². The second kappa shape index (κ2) is 9.57. The lowest BCUT2D eigenvalue weighted by molar-refractivity contribution is 0.180. The number of hydrogen-bond donors (Lipinski definition) is 0. The van der Waals surface area contributed by atoms with E-state index in [4.69, 9.17) is 4.98 Å². The molecule has 0 atom stereocenters. The third-order valence-electron chi connectivity index (χ3n) is 6.93. The van der Waals surface area contributed by atoms with Gasteiger partial charge in [0.1, 0.15) is 5.65 Å². The van der Waals surface area contributed by atoms with Gasteiger partial charge in [-0.05, 0) is 49.6 Å². The van der Waals surface area contributed by atoms with Crippen molar-refractivity contribution in [2.24, 2.45) is 0 Å². The minimum absolute atomic E-state index is 0.152. The van der Waals surface area contributed by atoms with E-state index >= 15 is 0 Å². The highest BCUT2D eigenvalue weighted by Crippen LogP contribution is 2.30. The molecule has 0 spiro atoms. The number of rotatable bonds is 6. The molecule has 0 amide bonds. The van der Waals surface area contributed by atoms with Crippen LogP contribution in [0.2, 0.25) is 0 Å². The molecule has 4 aromatic rings. The summed E-state index contributed by atoms with van der Waals surface area (Å²) < 4.78 is 28.5. The quantitative estimate of drug-likeness (QED) is 0.393. The van der Waals surface area contributed by atoms with Crippen LogP contribution in [0.25, 0.3) is 28.0 Å². The maximum Gasteiger partial charge on any atom is 0.213 e.